The van der Waals surface area contributed by atoms with E-state index in [9.17, 15) is 22.8 Å². The fourth-order valence-electron chi connectivity index (χ4n) is 1.96. The summed E-state index contributed by atoms with van der Waals surface area (Å²) >= 11 is 0. The Morgan fingerprint density at radius 2 is 1.86 bits per heavy atom. The molecule has 0 N–H and O–H groups in total. The van der Waals surface area contributed by atoms with Crippen LogP contribution < -0.4 is 0 Å². The SMILES string of the molecule is CC1CC(C)C(C(=O)C(F)(F)F)C1=O. The molecule has 0 spiro atoms. The van der Waals surface area contributed by atoms with E-state index in [0.717, 1.165) is 0 Å². The number of hydrogen-bond acceptors (Lipinski definition) is 2. The van der Waals surface area contributed by atoms with Gasteiger partial charge in [0, 0.05) is 5.92 Å². The second kappa shape index (κ2) is 3.37. The van der Waals surface area contributed by atoms with Crippen LogP contribution in [0.2, 0.25) is 0 Å². The summed E-state index contributed by atoms with van der Waals surface area (Å²) in [6, 6.07) is 0. The normalized spacial score (nSPS) is 33.5. The molecule has 2 nitrogen and oxygen atoms in total. The topological polar surface area (TPSA) is 34.1 Å². The van der Waals surface area contributed by atoms with Crippen molar-refractivity contribution >= 4 is 11.6 Å². The zero-order chi connectivity index (χ0) is 11.1. The van der Waals surface area contributed by atoms with Gasteiger partial charge in [0.1, 0.15) is 5.78 Å². The van der Waals surface area contributed by atoms with E-state index in [1.807, 2.05) is 0 Å². The van der Waals surface area contributed by atoms with Gasteiger partial charge >= 0.3 is 6.18 Å². The number of hydrogen-bond donors (Lipinski definition) is 0. The molecule has 0 aliphatic heterocycles. The molecule has 0 amide bonds. The highest BCUT2D eigenvalue weighted by Gasteiger charge is 2.51. The van der Waals surface area contributed by atoms with Gasteiger partial charge in [0.25, 0.3) is 0 Å². The number of carbonyl (C=O) groups excluding carboxylic acids is 2. The first-order chi connectivity index (χ1) is 6.25. The number of halogens is 3. The lowest BCUT2D eigenvalue weighted by atomic mass is 9.92. The van der Waals surface area contributed by atoms with Crippen LogP contribution in [0.5, 0.6) is 0 Å². The Labute approximate surface area is 79.5 Å². The van der Waals surface area contributed by atoms with Crippen LogP contribution in [0.1, 0.15) is 20.3 Å². The van der Waals surface area contributed by atoms with Gasteiger partial charge in [-0.2, -0.15) is 13.2 Å². The number of Topliss-reactive ketones (excluding diaryl/α,β-unsaturated/α-hetero) is 2. The number of rotatable bonds is 1. The zero-order valence-electron chi connectivity index (χ0n) is 7.89. The second-order valence-corrected chi connectivity index (χ2v) is 3.86. The van der Waals surface area contributed by atoms with E-state index < -0.39 is 35.5 Å². The van der Waals surface area contributed by atoms with Crippen molar-refractivity contribution in [1.29, 1.82) is 0 Å². The molecule has 1 aliphatic rings. The van der Waals surface area contributed by atoms with Gasteiger partial charge in [0.15, 0.2) is 0 Å². The lowest BCUT2D eigenvalue weighted by molar-refractivity contribution is -0.177. The van der Waals surface area contributed by atoms with E-state index in [0.29, 0.717) is 6.42 Å². The molecule has 1 fully saturated rings. The molecule has 14 heavy (non-hydrogen) atoms. The Morgan fingerprint density at radius 3 is 2.14 bits per heavy atom. The summed E-state index contributed by atoms with van der Waals surface area (Å²) in [6.45, 7) is 3.07. The van der Waals surface area contributed by atoms with E-state index >= 15 is 0 Å². The summed E-state index contributed by atoms with van der Waals surface area (Å²) in [7, 11) is 0. The predicted molar refractivity (Wildman–Crippen MR) is 42.5 cm³/mol. The Hall–Kier alpha value is -0.870. The standard InChI is InChI=1S/C9H11F3O2/c1-4-3-5(2)7(13)6(4)8(14)9(10,11)12/h4-6H,3H2,1-2H3. The summed E-state index contributed by atoms with van der Waals surface area (Å²) in [6.07, 6.45) is -4.52. The molecule has 3 unspecified atom stereocenters. The lowest BCUT2D eigenvalue weighted by Gasteiger charge is -2.14. The van der Waals surface area contributed by atoms with Gasteiger partial charge in [0.05, 0.1) is 5.92 Å². The number of alkyl halides is 3. The summed E-state index contributed by atoms with van der Waals surface area (Å²) in [5.41, 5.74) is 0. The van der Waals surface area contributed by atoms with Crippen LogP contribution in [-0.4, -0.2) is 17.7 Å². The van der Waals surface area contributed by atoms with Crippen molar-refractivity contribution in [3.63, 3.8) is 0 Å². The molecule has 0 radical (unpaired) electrons. The molecule has 0 aromatic rings. The maximum Gasteiger partial charge on any atom is 0.450 e. The van der Waals surface area contributed by atoms with Gasteiger partial charge in [-0.15, -0.1) is 0 Å². The Kier molecular flexibility index (Phi) is 2.69. The highest BCUT2D eigenvalue weighted by Crippen LogP contribution is 2.37. The Morgan fingerprint density at radius 1 is 1.36 bits per heavy atom. The van der Waals surface area contributed by atoms with Crippen LogP contribution in [0.3, 0.4) is 0 Å². The largest absolute Gasteiger partial charge is 0.450 e. The fourth-order valence-corrected chi connectivity index (χ4v) is 1.96. The van der Waals surface area contributed by atoms with Crippen LogP contribution in [-0.2, 0) is 9.59 Å². The second-order valence-electron chi connectivity index (χ2n) is 3.86. The average molecular weight is 208 g/mol. The molecule has 1 saturated carbocycles. The van der Waals surface area contributed by atoms with Crippen LogP contribution in [0.25, 0.3) is 0 Å². The third kappa shape index (κ3) is 1.81. The van der Waals surface area contributed by atoms with Crippen molar-refractivity contribution in [1.82, 2.24) is 0 Å². The van der Waals surface area contributed by atoms with Gasteiger partial charge in [-0.25, -0.2) is 0 Å². The molecule has 0 aromatic carbocycles. The zero-order valence-corrected chi connectivity index (χ0v) is 7.89. The summed E-state index contributed by atoms with van der Waals surface area (Å²) in [4.78, 5) is 22.2. The highest BCUT2D eigenvalue weighted by atomic mass is 19.4. The van der Waals surface area contributed by atoms with Crippen LogP contribution >= 0.6 is 0 Å². The van der Waals surface area contributed by atoms with Gasteiger partial charge < -0.3 is 0 Å². The minimum absolute atomic E-state index is 0.366. The van der Waals surface area contributed by atoms with Gasteiger partial charge in [-0.3, -0.25) is 9.59 Å². The molecule has 0 aromatic heterocycles. The van der Waals surface area contributed by atoms with Crippen molar-refractivity contribution in [3.8, 4) is 0 Å². The third-order valence-electron chi connectivity index (χ3n) is 2.65. The summed E-state index contributed by atoms with van der Waals surface area (Å²) in [5, 5.41) is 0. The number of carbonyl (C=O) groups is 2. The molecule has 0 heterocycles. The van der Waals surface area contributed by atoms with Crippen LogP contribution in [0.4, 0.5) is 13.2 Å². The smallest absolute Gasteiger partial charge is 0.299 e. The molecule has 5 heteroatoms. The van der Waals surface area contributed by atoms with Gasteiger partial charge in [-0.1, -0.05) is 13.8 Å². The van der Waals surface area contributed by atoms with Crippen molar-refractivity contribution in [2.24, 2.45) is 17.8 Å². The van der Waals surface area contributed by atoms with Crippen LogP contribution in [0.15, 0.2) is 0 Å². The molecule has 0 bridgehead atoms. The minimum Gasteiger partial charge on any atom is -0.299 e. The maximum atomic E-state index is 12.1. The first kappa shape index (κ1) is 11.2. The van der Waals surface area contributed by atoms with E-state index in [1.54, 1.807) is 6.92 Å². The first-order valence-electron chi connectivity index (χ1n) is 4.40. The molecule has 3 atom stereocenters. The quantitative estimate of drug-likeness (QED) is 0.617. The predicted octanol–water partition coefficient (Wildman–Crippen LogP) is 1.98. The van der Waals surface area contributed by atoms with E-state index in [-0.39, 0.29) is 0 Å². The fraction of sp³-hybridized carbons (Fsp3) is 0.778. The van der Waals surface area contributed by atoms with Crippen LogP contribution in [0, 0.1) is 17.8 Å². The maximum absolute atomic E-state index is 12.1. The van der Waals surface area contributed by atoms with E-state index in [4.69, 9.17) is 0 Å². The van der Waals surface area contributed by atoms with Crippen molar-refractivity contribution in [2.75, 3.05) is 0 Å². The minimum atomic E-state index is -4.89. The van der Waals surface area contributed by atoms with Gasteiger partial charge in [-0.05, 0) is 12.3 Å². The van der Waals surface area contributed by atoms with Crippen molar-refractivity contribution in [3.05, 3.63) is 0 Å². The summed E-state index contributed by atoms with van der Waals surface area (Å²) in [5.74, 6) is -4.85. The molecule has 80 valence electrons. The summed E-state index contributed by atoms with van der Waals surface area (Å²) < 4.78 is 36.2. The number of ketones is 2. The molecule has 0 saturated heterocycles. The molecule has 1 aliphatic carbocycles. The third-order valence-corrected chi connectivity index (χ3v) is 2.65. The lowest BCUT2D eigenvalue weighted by Crippen LogP contribution is -2.36. The van der Waals surface area contributed by atoms with Gasteiger partial charge in [0.2, 0.25) is 5.78 Å². The molecular weight excluding hydrogens is 197 g/mol. The van der Waals surface area contributed by atoms with E-state index in [1.165, 1.54) is 6.92 Å². The van der Waals surface area contributed by atoms with Crippen molar-refractivity contribution in [2.45, 2.75) is 26.4 Å². The monoisotopic (exact) mass is 208 g/mol. The molecule has 1 rings (SSSR count). The Bertz CT molecular complexity index is 270. The van der Waals surface area contributed by atoms with E-state index in [2.05, 4.69) is 0 Å². The highest BCUT2D eigenvalue weighted by molar-refractivity contribution is 6.07. The Balaban J connectivity index is 2.89. The van der Waals surface area contributed by atoms with Crippen molar-refractivity contribution < 1.29 is 22.8 Å². The first-order valence-corrected chi connectivity index (χ1v) is 4.40. The average Bonchev–Trinajstić information content (AvgIpc) is 2.24. The molecular formula is C9H11F3O2.